The van der Waals surface area contributed by atoms with Crippen LogP contribution < -0.4 is 5.32 Å². The second-order valence-electron chi connectivity index (χ2n) is 7.44. The minimum absolute atomic E-state index is 0.503. The van der Waals surface area contributed by atoms with Crippen LogP contribution in [0.3, 0.4) is 0 Å². The van der Waals surface area contributed by atoms with Crippen molar-refractivity contribution in [1.82, 2.24) is 14.9 Å². The number of aromatic nitrogens is 2. The molecule has 1 aliphatic carbocycles. The summed E-state index contributed by atoms with van der Waals surface area (Å²) in [7, 11) is 0. The van der Waals surface area contributed by atoms with E-state index in [0.717, 1.165) is 24.9 Å². The maximum atomic E-state index is 4.06. The van der Waals surface area contributed by atoms with E-state index in [1.165, 1.54) is 38.6 Å². The Morgan fingerprint density at radius 1 is 1.20 bits per heavy atom. The number of rotatable bonds is 6. The van der Waals surface area contributed by atoms with Crippen molar-refractivity contribution < 1.29 is 0 Å². The van der Waals surface area contributed by atoms with Gasteiger partial charge in [-0.2, -0.15) is 0 Å². The monoisotopic (exact) mass is 277 g/mol. The van der Waals surface area contributed by atoms with E-state index in [-0.39, 0.29) is 0 Å². The maximum Gasteiger partial charge on any atom is 0.0945 e. The highest BCUT2D eigenvalue weighted by atomic mass is 15.0. The van der Waals surface area contributed by atoms with Crippen molar-refractivity contribution in [1.29, 1.82) is 0 Å². The second-order valence-corrected chi connectivity index (χ2v) is 7.44. The summed E-state index contributed by atoms with van der Waals surface area (Å²) in [6.45, 7) is 10.6. The van der Waals surface area contributed by atoms with Gasteiger partial charge in [0.15, 0.2) is 0 Å². The Hall–Kier alpha value is -0.830. The van der Waals surface area contributed by atoms with Crippen molar-refractivity contribution in [3.05, 3.63) is 18.7 Å². The number of hydrogen-bond acceptors (Lipinski definition) is 2. The van der Waals surface area contributed by atoms with Crippen LogP contribution in [0.5, 0.6) is 0 Å². The molecule has 20 heavy (non-hydrogen) atoms. The fourth-order valence-corrected chi connectivity index (χ4v) is 3.34. The van der Waals surface area contributed by atoms with Gasteiger partial charge in [-0.05, 0) is 62.4 Å². The zero-order valence-electron chi connectivity index (χ0n) is 13.4. The predicted molar refractivity (Wildman–Crippen MR) is 84.6 cm³/mol. The van der Waals surface area contributed by atoms with E-state index in [1.54, 1.807) is 0 Å². The fourth-order valence-electron chi connectivity index (χ4n) is 3.34. The van der Waals surface area contributed by atoms with Crippen LogP contribution in [-0.4, -0.2) is 22.6 Å². The molecule has 1 heterocycles. The van der Waals surface area contributed by atoms with Crippen LogP contribution in [0, 0.1) is 17.3 Å². The zero-order chi connectivity index (χ0) is 14.4. The molecule has 0 atom stereocenters. The van der Waals surface area contributed by atoms with Crippen LogP contribution in [0.2, 0.25) is 0 Å². The van der Waals surface area contributed by atoms with Gasteiger partial charge in [-0.15, -0.1) is 0 Å². The Kier molecular flexibility index (Phi) is 5.64. The molecule has 0 unspecified atom stereocenters. The van der Waals surface area contributed by atoms with Gasteiger partial charge >= 0.3 is 0 Å². The molecule has 2 rings (SSSR count). The van der Waals surface area contributed by atoms with Gasteiger partial charge in [-0.3, -0.25) is 0 Å². The molecule has 1 aromatic rings. The third-order valence-electron chi connectivity index (χ3n) is 4.83. The molecule has 1 fully saturated rings. The highest BCUT2D eigenvalue weighted by Gasteiger charge is 2.29. The van der Waals surface area contributed by atoms with Gasteiger partial charge in [-0.1, -0.05) is 20.8 Å². The number of nitrogens with zero attached hydrogens (tertiary/aromatic N) is 2. The Balaban J connectivity index is 1.53. The quantitative estimate of drug-likeness (QED) is 0.803. The lowest BCUT2D eigenvalue weighted by Gasteiger charge is -2.37. The van der Waals surface area contributed by atoms with Crippen molar-refractivity contribution in [2.24, 2.45) is 17.3 Å². The molecule has 3 heteroatoms. The topological polar surface area (TPSA) is 29.9 Å². The summed E-state index contributed by atoms with van der Waals surface area (Å²) in [6.07, 6.45) is 12.6. The molecule has 1 N–H and O–H groups in total. The molecule has 1 aromatic heterocycles. The van der Waals surface area contributed by atoms with Crippen LogP contribution in [0.15, 0.2) is 18.7 Å². The van der Waals surface area contributed by atoms with Crippen molar-refractivity contribution in [3.63, 3.8) is 0 Å². The van der Waals surface area contributed by atoms with Gasteiger partial charge in [0.05, 0.1) is 6.33 Å². The van der Waals surface area contributed by atoms with Gasteiger partial charge in [0.25, 0.3) is 0 Å². The van der Waals surface area contributed by atoms with Gasteiger partial charge in [0, 0.05) is 18.9 Å². The number of nitrogens with one attached hydrogen (secondary N) is 1. The van der Waals surface area contributed by atoms with Gasteiger partial charge in [0.1, 0.15) is 0 Å². The van der Waals surface area contributed by atoms with E-state index < -0.39 is 0 Å². The fraction of sp³-hybridized carbons (Fsp3) is 0.824. The van der Waals surface area contributed by atoms with E-state index in [4.69, 9.17) is 0 Å². The highest BCUT2D eigenvalue weighted by Crippen LogP contribution is 2.39. The van der Waals surface area contributed by atoms with Crippen molar-refractivity contribution in [2.75, 3.05) is 13.1 Å². The SMILES string of the molecule is CC(C)(C)C1CCC(CNCCCn2ccnc2)CC1. The lowest BCUT2D eigenvalue weighted by atomic mass is 9.70. The van der Waals surface area contributed by atoms with Crippen molar-refractivity contribution in [3.8, 4) is 0 Å². The highest BCUT2D eigenvalue weighted by molar-refractivity contribution is 4.81. The molecule has 0 aliphatic heterocycles. The van der Waals surface area contributed by atoms with E-state index in [9.17, 15) is 0 Å². The Labute approximate surface area is 124 Å². The van der Waals surface area contributed by atoms with E-state index >= 15 is 0 Å². The lowest BCUT2D eigenvalue weighted by molar-refractivity contribution is 0.149. The molecule has 1 saturated carbocycles. The first kappa shape index (κ1) is 15.6. The molecule has 0 aromatic carbocycles. The molecule has 0 spiro atoms. The molecular formula is C17H31N3. The molecule has 0 bridgehead atoms. The van der Waals surface area contributed by atoms with Crippen molar-refractivity contribution >= 4 is 0 Å². The summed E-state index contributed by atoms with van der Waals surface area (Å²) in [4.78, 5) is 4.06. The predicted octanol–water partition coefficient (Wildman–Crippen LogP) is 3.72. The minimum Gasteiger partial charge on any atom is -0.337 e. The molecule has 0 amide bonds. The largest absolute Gasteiger partial charge is 0.337 e. The Bertz CT molecular complexity index is 356. The van der Waals surface area contributed by atoms with E-state index in [0.29, 0.717) is 5.41 Å². The average Bonchev–Trinajstić information content (AvgIpc) is 2.91. The molecule has 1 aliphatic rings. The number of imidazole rings is 1. The summed E-state index contributed by atoms with van der Waals surface area (Å²) in [5, 5.41) is 3.64. The first-order valence-corrected chi connectivity index (χ1v) is 8.22. The molecular weight excluding hydrogens is 246 g/mol. The van der Waals surface area contributed by atoms with Gasteiger partial charge < -0.3 is 9.88 Å². The lowest BCUT2D eigenvalue weighted by Crippen LogP contribution is -2.31. The smallest absolute Gasteiger partial charge is 0.0945 e. The standard InChI is InChI=1S/C17H31N3/c1-17(2,3)16-7-5-15(6-8-16)13-18-9-4-11-20-12-10-19-14-20/h10,12,14-16,18H,4-9,11,13H2,1-3H3. The summed E-state index contributed by atoms with van der Waals surface area (Å²) < 4.78 is 2.15. The summed E-state index contributed by atoms with van der Waals surface area (Å²) >= 11 is 0. The maximum absolute atomic E-state index is 4.06. The Morgan fingerprint density at radius 3 is 2.55 bits per heavy atom. The zero-order valence-corrected chi connectivity index (χ0v) is 13.4. The first-order chi connectivity index (χ1) is 9.55. The first-order valence-electron chi connectivity index (χ1n) is 8.22. The van der Waals surface area contributed by atoms with Crippen LogP contribution in [0.4, 0.5) is 0 Å². The van der Waals surface area contributed by atoms with E-state index in [2.05, 4.69) is 35.6 Å². The Morgan fingerprint density at radius 2 is 1.95 bits per heavy atom. The van der Waals surface area contributed by atoms with Gasteiger partial charge in [-0.25, -0.2) is 4.98 Å². The van der Waals surface area contributed by atoms with Crippen molar-refractivity contribution in [2.45, 2.75) is 59.4 Å². The van der Waals surface area contributed by atoms with Gasteiger partial charge in [0.2, 0.25) is 0 Å². The van der Waals surface area contributed by atoms with E-state index in [1.807, 2.05) is 18.7 Å². The minimum atomic E-state index is 0.503. The second kappa shape index (κ2) is 7.26. The molecule has 114 valence electrons. The number of hydrogen-bond donors (Lipinski definition) is 1. The molecule has 3 nitrogen and oxygen atoms in total. The normalized spacial score (nSPS) is 23.9. The molecule has 0 radical (unpaired) electrons. The summed E-state index contributed by atoms with van der Waals surface area (Å²) in [6, 6.07) is 0. The number of aryl methyl sites for hydroxylation is 1. The molecule has 0 saturated heterocycles. The average molecular weight is 277 g/mol. The summed E-state index contributed by atoms with van der Waals surface area (Å²) in [5.41, 5.74) is 0.503. The van der Waals surface area contributed by atoms with Crippen LogP contribution in [-0.2, 0) is 6.54 Å². The van der Waals surface area contributed by atoms with Crippen LogP contribution >= 0.6 is 0 Å². The van der Waals surface area contributed by atoms with Crippen LogP contribution in [0.25, 0.3) is 0 Å². The summed E-state index contributed by atoms with van der Waals surface area (Å²) in [5.74, 6) is 1.84. The van der Waals surface area contributed by atoms with Crippen LogP contribution in [0.1, 0.15) is 52.9 Å². The third kappa shape index (κ3) is 4.93. The third-order valence-corrected chi connectivity index (χ3v) is 4.83.